The lowest BCUT2D eigenvalue weighted by atomic mass is 9.84. The second-order valence-electron chi connectivity index (χ2n) is 11.0. The van der Waals surface area contributed by atoms with Crippen molar-refractivity contribution >= 4 is 14.9 Å². The highest BCUT2D eigenvalue weighted by atomic mass is 28.3. The van der Waals surface area contributed by atoms with Crippen LogP contribution in [-0.4, -0.2) is 39.2 Å². The number of ether oxygens (including phenoxy) is 1. The molecule has 205 valence electrons. The zero-order chi connectivity index (χ0) is 27.7. The molecule has 2 aromatic carbocycles. The average Bonchev–Trinajstić information content (AvgIpc) is 3.25. The van der Waals surface area contributed by atoms with Gasteiger partial charge in [0.25, 0.3) is 0 Å². The highest BCUT2D eigenvalue weighted by Gasteiger charge is 2.29. The van der Waals surface area contributed by atoms with Crippen LogP contribution in [-0.2, 0) is 11.3 Å². The number of hydrogen-bond acceptors (Lipinski definition) is 3. The fraction of sp³-hybridized carbons (Fsp3) is 0.433. The number of carbonyl (C=O) groups excluding carboxylic acids is 1. The summed E-state index contributed by atoms with van der Waals surface area (Å²) in [4.78, 5) is 11.9. The van der Waals surface area contributed by atoms with E-state index in [-0.39, 0.29) is 23.1 Å². The average molecular weight is 541 g/mol. The lowest BCUT2D eigenvalue weighted by Gasteiger charge is -2.33. The predicted octanol–water partition coefficient (Wildman–Crippen LogP) is 7.03. The van der Waals surface area contributed by atoms with Gasteiger partial charge in [0.1, 0.15) is 11.6 Å². The summed E-state index contributed by atoms with van der Waals surface area (Å²) in [6.45, 7) is 13.1. The molecule has 0 unspecified atom stereocenters. The van der Waals surface area contributed by atoms with Gasteiger partial charge in [-0.3, -0.25) is 0 Å². The molecule has 1 amide bonds. The number of carbonyl (C=O) groups is 1. The van der Waals surface area contributed by atoms with Crippen LogP contribution in [0.3, 0.4) is 0 Å². The van der Waals surface area contributed by atoms with Gasteiger partial charge < -0.3 is 19.9 Å². The van der Waals surface area contributed by atoms with E-state index in [0.717, 1.165) is 29.8 Å². The van der Waals surface area contributed by atoms with Gasteiger partial charge in [-0.1, -0.05) is 64.2 Å². The number of benzene rings is 2. The van der Waals surface area contributed by atoms with Crippen molar-refractivity contribution in [3.63, 3.8) is 0 Å². The van der Waals surface area contributed by atoms with Crippen LogP contribution in [0.2, 0.25) is 19.1 Å². The molecule has 0 bridgehead atoms. The van der Waals surface area contributed by atoms with E-state index < -0.39 is 20.4 Å². The molecule has 2 N–H and O–H groups in total. The van der Waals surface area contributed by atoms with Crippen LogP contribution in [0, 0.1) is 17.0 Å². The van der Waals surface area contributed by atoms with E-state index in [9.17, 15) is 13.6 Å². The second-order valence-corrected chi connectivity index (χ2v) is 13.9. The zero-order valence-electron chi connectivity index (χ0n) is 23.1. The van der Waals surface area contributed by atoms with Gasteiger partial charge in [-0.2, -0.15) is 0 Å². The summed E-state index contributed by atoms with van der Waals surface area (Å²) < 4.78 is 36.1. The molecule has 0 saturated heterocycles. The first-order chi connectivity index (χ1) is 18.0. The fourth-order valence-corrected chi connectivity index (χ4v) is 4.84. The zero-order valence-corrected chi connectivity index (χ0v) is 24.1. The van der Waals surface area contributed by atoms with Crippen LogP contribution in [0.1, 0.15) is 44.5 Å². The molecule has 3 aromatic rings. The van der Waals surface area contributed by atoms with Gasteiger partial charge in [0.2, 0.25) is 0 Å². The van der Waals surface area contributed by atoms with Crippen molar-refractivity contribution in [3.8, 4) is 11.1 Å². The minimum atomic E-state index is -0.471. The predicted molar refractivity (Wildman–Crippen MR) is 152 cm³/mol. The summed E-state index contributed by atoms with van der Waals surface area (Å²) in [5.74, 6) is -0.927. The Morgan fingerprint density at radius 2 is 1.79 bits per heavy atom. The molecule has 1 radical (unpaired) electrons. The molecule has 1 heterocycles. The van der Waals surface area contributed by atoms with E-state index in [2.05, 4.69) is 61.2 Å². The van der Waals surface area contributed by atoms with Crippen molar-refractivity contribution in [1.29, 1.82) is 0 Å². The molecular weight excluding hydrogens is 500 g/mol. The van der Waals surface area contributed by atoms with Crippen molar-refractivity contribution < 1.29 is 18.3 Å². The van der Waals surface area contributed by atoms with E-state index in [1.165, 1.54) is 12.1 Å². The number of nitrogens with zero attached hydrogens (tertiary/aromatic N) is 1. The van der Waals surface area contributed by atoms with Crippen molar-refractivity contribution in [2.45, 2.75) is 58.9 Å². The minimum absolute atomic E-state index is 0.0711. The lowest BCUT2D eigenvalue weighted by molar-refractivity contribution is 0.151. The molecule has 0 aliphatic carbocycles. The first kappa shape index (κ1) is 29.6. The van der Waals surface area contributed by atoms with E-state index in [4.69, 9.17) is 4.74 Å². The number of rotatable bonds is 12. The third-order valence-corrected chi connectivity index (χ3v) is 7.54. The summed E-state index contributed by atoms with van der Waals surface area (Å²) in [5.41, 5.74) is 2.82. The Bertz CT molecular complexity index is 1180. The van der Waals surface area contributed by atoms with Crippen LogP contribution >= 0.6 is 0 Å². The highest BCUT2D eigenvalue weighted by molar-refractivity contribution is 6.55. The van der Waals surface area contributed by atoms with Gasteiger partial charge in [-0.05, 0) is 54.3 Å². The molecule has 0 aliphatic heterocycles. The van der Waals surface area contributed by atoms with Gasteiger partial charge in [-0.15, -0.1) is 0 Å². The first-order valence-electron chi connectivity index (χ1n) is 13.2. The summed E-state index contributed by atoms with van der Waals surface area (Å²) in [6, 6.07) is 16.4. The summed E-state index contributed by atoms with van der Waals surface area (Å²) in [6.07, 6.45) is 2.25. The van der Waals surface area contributed by atoms with Crippen molar-refractivity contribution in [2.75, 3.05) is 19.7 Å². The van der Waals surface area contributed by atoms with Gasteiger partial charge in [0.15, 0.2) is 0 Å². The van der Waals surface area contributed by atoms with Crippen LogP contribution in [0.15, 0.2) is 60.8 Å². The Kier molecular flexibility index (Phi) is 10.7. The minimum Gasteiger partial charge on any atom is -0.450 e. The van der Waals surface area contributed by atoms with Crippen LogP contribution < -0.4 is 10.6 Å². The molecule has 0 aliphatic rings. The molecule has 8 heteroatoms. The molecule has 1 atom stereocenters. The maximum absolute atomic E-state index is 14.7. The number of aromatic nitrogens is 1. The Morgan fingerprint density at radius 1 is 1.05 bits per heavy atom. The van der Waals surface area contributed by atoms with E-state index >= 15 is 0 Å². The third-order valence-electron chi connectivity index (χ3n) is 6.33. The standard InChI is InChI=1S/C30H40F2N3O2Si/c1-30(2,3)28(33-14-9-15-34-29(36)37-16-17-38(4)5)27-18-23(25-19-24(31)12-13-26(25)32)21-35(27)20-22-10-7-6-8-11-22/h6-8,10-13,18-19,21,28,33H,9,14-17,20H2,1-5H3,(H,34,36)/t28-/m0/s1. The van der Waals surface area contributed by atoms with Gasteiger partial charge in [0.05, 0.1) is 12.6 Å². The SMILES string of the molecule is C[Si](C)CCOC(=O)NCCCN[C@@H](c1cc(-c2cc(F)ccc2F)cn1Cc1ccccc1)C(C)(C)C. The van der Waals surface area contributed by atoms with E-state index in [0.29, 0.717) is 31.8 Å². The Labute approximate surface area is 227 Å². The van der Waals surface area contributed by atoms with Gasteiger partial charge in [-0.25, -0.2) is 13.6 Å². The monoisotopic (exact) mass is 540 g/mol. The second kappa shape index (κ2) is 13.7. The summed E-state index contributed by atoms with van der Waals surface area (Å²) in [7, 11) is -0.408. The molecular formula is C30H40F2N3O2Si. The topological polar surface area (TPSA) is 55.3 Å². The van der Waals surface area contributed by atoms with Crippen molar-refractivity contribution in [2.24, 2.45) is 5.41 Å². The highest BCUT2D eigenvalue weighted by Crippen LogP contribution is 2.37. The number of hydrogen-bond donors (Lipinski definition) is 2. The maximum atomic E-state index is 14.7. The number of alkyl carbamates (subject to hydrolysis) is 1. The quantitative estimate of drug-likeness (QED) is 0.192. The Balaban J connectivity index is 1.77. The summed E-state index contributed by atoms with van der Waals surface area (Å²) in [5, 5.41) is 6.47. The largest absolute Gasteiger partial charge is 0.450 e. The Morgan fingerprint density at radius 3 is 2.47 bits per heavy atom. The first-order valence-corrected chi connectivity index (χ1v) is 15.9. The molecule has 38 heavy (non-hydrogen) atoms. The van der Waals surface area contributed by atoms with Gasteiger partial charge >= 0.3 is 6.09 Å². The van der Waals surface area contributed by atoms with Gasteiger partial charge in [0, 0.05) is 44.9 Å². The molecule has 1 aromatic heterocycles. The normalized spacial score (nSPS) is 12.5. The lowest BCUT2D eigenvalue weighted by Crippen LogP contribution is -2.36. The molecule has 3 rings (SSSR count). The van der Waals surface area contributed by atoms with E-state index in [1.54, 1.807) is 0 Å². The van der Waals surface area contributed by atoms with Crippen molar-refractivity contribution in [3.05, 3.63) is 83.7 Å². The molecule has 0 saturated carbocycles. The summed E-state index contributed by atoms with van der Waals surface area (Å²) >= 11 is 0. The Hall–Kier alpha value is -2.97. The van der Waals surface area contributed by atoms with E-state index in [1.807, 2.05) is 30.5 Å². The van der Waals surface area contributed by atoms with Crippen LogP contribution in [0.25, 0.3) is 11.1 Å². The molecule has 0 fully saturated rings. The maximum Gasteiger partial charge on any atom is 0.407 e. The smallest absolute Gasteiger partial charge is 0.407 e. The molecule has 5 nitrogen and oxygen atoms in total. The number of nitrogens with one attached hydrogen (secondary N) is 2. The van der Waals surface area contributed by atoms with Crippen LogP contribution in [0.5, 0.6) is 0 Å². The van der Waals surface area contributed by atoms with Crippen molar-refractivity contribution in [1.82, 2.24) is 15.2 Å². The molecule has 0 spiro atoms. The van der Waals surface area contributed by atoms with Crippen LogP contribution in [0.4, 0.5) is 13.6 Å². The number of amides is 1. The third kappa shape index (κ3) is 8.81. The number of halogens is 2. The fourth-order valence-electron chi connectivity index (χ4n) is 4.33.